The maximum atomic E-state index is 13.6. The van der Waals surface area contributed by atoms with Gasteiger partial charge in [-0.2, -0.15) is 0 Å². The van der Waals surface area contributed by atoms with E-state index in [0.29, 0.717) is 24.9 Å². The number of likely N-dealkylation sites (tertiary alicyclic amines) is 2. The van der Waals surface area contributed by atoms with Gasteiger partial charge in [0.05, 0.1) is 12.6 Å². The van der Waals surface area contributed by atoms with Crippen LogP contribution in [0.25, 0.3) is 0 Å². The monoisotopic (exact) mass is 500 g/mol. The second-order valence-electron chi connectivity index (χ2n) is 10.2. The number of hydrogen-bond acceptors (Lipinski definition) is 6. The van der Waals surface area contributed by atoms with Gasteiger partial charge in [-0.1, -0.05) is 13.8 Å². The number of rotatable bonds is 10. The van der Waals surface area contributed by atoms with E-state index in [1.54, 1.807) is 12.1 Å². The lowest BCUT2D eigenvalue weighted by atomic mass is 10.0. The van der Waals surface area contributed by atoms with E-state index in [4.69, 9.17) is 5.11 Å². The van der Waals surface area contributed by atoms with Crippen LogP contribution in [0.1, 0.15) is 56.3 Å². The molecule has 2 heterocycles. The summed E-state index contributed by atoms with van der Waals surface area (Å²) in [6, 6.07) is 5.15. The van der Waals surface area contributed by atoms with Crippen molar-refractivity contribution in [3.8, 4) is 0 Å². The molecule has 0 spiro atoms. The SMILES string of the molecule is CC(C)C[C@H](NC(=O)c1ccc(N(C)C)cc1)C(=O)N1CC[C@@H]2C1C(=O)CN2C(=O)CCCC(=O)O. The molecule has 1 aromatic carbocycles. The van der Waals surface area contributed by atoms with Crippen LogP contribution in [0.4, 0.5) is 5.69 Å². The number of nitrogens with zero attached hydrogens (tertiary/aromatic N) is 3. The number of carbonyl (C=O) groups is 5. The van der Waals surface area contributed by atoms with Crippen molar-refractivity contribution < 1.29 is 29.1 Å². The van der Waals surface area contributed by atoms with E-state index in [2.05, 4.69) is 5.32 Å². The molecule has 2 aliphatic rings. The number of carboxylic acids is 1. The van der Waals surface area contributed by atoms with E-state index in [1.165, 1.54) is 9.80 Å². The molecule has 3 atom stereocenters. The lowest BCUT2D eigenvalue weighted by molar-refractivity contribution is -0.138. The second-order valence-corrected chi connectivity index (χ2v) is 10.2. The minimum Gasteiger partial charge on any atom is -0.481 e. The van der Waals surface area contributed by atoms with Gasteiger partial charge in [-0.3, -0.25) is 24.0 Å². The Morgan fingerprint density at radius 2 is 1.75 bits per heavy atom. The minimum atomic E-state index is -0.970. The van der Waals surface area contributed by atoms with Crippen LogP contribution in [-0.4, -0.2) is 89.7 Å². The summed E-state index contributed by atoms with van der Waals surface area (Å²) in [6.07, 6.45) is 1.04. The third kappa shape index (κ3) is 6.22. The van der Waals surface area contributed by atoms with Gasteiger partial charge in [-0.15, -0.1) is 0 Å². The average Bonchev–Trinajstić information content (AvgIpc) is 3.39. The number of fused-ring (bicyclic) bond motifs is 1. The highest BCUT2D eigenvalue weighted by Gasteiger charge is 2.52. The van der Waals surface area contributed by atoms with Crippen molar-refractivity contribution in [3.05, 3.63) is 29.8 Å². The van der Waals surface area contributed by atoms with E-state index in [1.807, 2.05) is 45.0 Å². The topological polar surface area (TPSA) is 127 Å². The zero-order valence-corrected chi connectivity index (χ0v) is 21.4. The van der Waals surface area contributed by atoms with Gasteiger partial charge in [0, 0.05) is 44.7 Å². The van der Waals surface area contributed by atoms with Gasteiger partial charge in [-0.25, -0.2) is 0 Å². The molecule has 196 valence electrons. The van der Waals surface area contributed by atoms with Gasteiger partial charge < -0.3 is 25.1 Å². The number of carboxylic acid groups (broad SMARTS) is 1. The largest absolute Gasteiger partial charge is 0.481 e. The molecule has 0 aliphatic carbocycles. The fourth-order valence-electron chi connectivity index (χ4n) is 4.97. The Morgan fingerprint density at radius 1 is 1.08 bits per heavy atom. The molecule has 2 fully saturated rings. The van der Waals surface area contributed by atoms with Crippen molar-refractivity contribution >= 4 is 35.2 Å². The smallest absolute Gasteiger partial charge is 0.303 e. The molecule has 2 aliphatic heterocycles. The molecule has 10 nitrogen and oxygen atoms in total. The Kier molecular flexibility index (Phi) is 8.70. The van der Waals surface area contributed by atoms with Gasteiger partial charge in [0.1, 0.15) is 12.1 Å². The third-order valence-electron chi connectivity index (χ3n) is 6.76. The lowest BCUT2D eigenvalue weighted by Gasteiger charge is -2.29. The standard InChI is InChI=1S/C26H36N4O6/c1-16(2)14-19(27-25(35)17-8-10-18(11-9-17)28(3)4)26(36)29-13-12-20-24(29)21(31)15-30(20)22(32)6-5-7-23(33)34/h8-11,16,19-20,24H,5-7,12-15H2,1-4H3,(H,27,35)(H,33,34)/t19-,20+,24?/m0/s1. The lowest BCUT2D eigenvalue weighted by Crippen LogP contribution is -2.53. The van der Waals surface area contributed by atoms with Crippen molar-refractivity contribution in [2.75, 3.05) is 32.1 Å². The van der Waals surface area contributed by atoms with Crippen molar-refractivity contribution in [1.82, 2.24) is 15.1 Å². The molecular weight excluding hydrogens is 464 g/mol. The van der Waals surface area contributed by atoms with Crippen LogP contribution < -0.4 is 10.2 Å². The molecule has 0 bridgehead atoms. The maximum Gasteiger partial charge on any atom is 0.303 e. The number of nitrogens with one attached hydrogen (secondary N) is 1. The quantitative estimate of drug-likeness (QED) is 0.499. The molecule has 2 saturated heterocycles. The normalized spacial score (nSPS) is 19.9. The molecule has 0 radical (unpaired) electrons. The first-order valence-corrected chi connectivity index (χ1v) is 12.4. The highest BCUT2D eigenvalue weighted by Crippen LogP contribution is 2.31. The summed E-state index contributed by atoms with van der Waals surface area (Å²) in [5.74, 6) is -1.99. The van der Waals surface area contributed by atoms with Crippen LogP contribution in [0.2, 0.25) is 0 Å². The number of hydrogen-bond donors (Lipinski definition) is 2. The summed E-state index contributed by atoms with van der Waals surface area (Å²) in [5.41, 5.74) is 1.39. The number of Topliss-reactive ketones (excluding diaryl/α,β-unsaturated/α-hetero) is 1. The molecule has 1 aromatic rings. The fourth-order valence-corrected chi connectivity index (χ4v) is 4.97. The Morgan fingerprint density at radius 3 is 2.33 bits per heavy atom. The van der Waals surface area contributed by atoms with E-state index in [9.17, 15) is 24.0 Å². The fraction of sp³-hybridized carbons (Fsp3) is 0.577. The van der Waals surface area contributed by atoms with Gasteiger partial charge in [0.2, 0.25) is 11.8 Å². The van der Waals surface area contributed by atoms with Crippen molar-refractivity contribution in [2.45, 2.75) is 64.1 Å². The van der Waals surface area contributed by atoms with Gasteiger partial charge in [0.25, 0.3) is 5.91 Å². The zero-order chi connectivity index (χ0) is 26.6. The van der Waals surface area contributed by atoms with Crippen molar-refractivity contribution in [2.24, 2.45) is 5.92 Å². The summed E-state index contributed by atoms with van der Waals surface area (Å²) < 4.78 is 0. The van der Waals surface area contributed by atoms with Gasteiger partial charge in [-0.05, 0) is 49.4 Å². The molecule has 36 heavy (non-hydrogen) atoms. The van der Waals surface area contributed by atoms with Crippen LogP contribution >= 0.6 is 0 Å². The second kappa shape index (κ2) is 11.5. The van der Waals surface area contributed by atoms with Gasteiger partial charge >= 0.3 is 5.97 Å². The molecule has 3 rings (SSSR count). The summed E-state index contributed by atoms with van der Waals surface area (Å²) in [6.45, 7) is 4.16. The molecule has 0 saturated carbocycles. The highest BCUT2D eigenvalue weighted by molar-refractivity contribution is 6.01. The third-order valence-corrected chi connectivity index (χ3v) is 6.76. The molecular formula is C26H36N4O6. The van der Waals surface area contributed by atoms with E-state index >= 15 is 0 Å². The van der Waals surface area contributed by atoms with E-state index < -0.39 is 24.1 Å². The van der Waals surface area contributed by atoms with Crippen LogP contribution in [-0.2, 0) is 19.2 Å². The van der Waals surface area contributed by atoms with Crippen molar-refractivity contribution in [1.29, 1.82) is 0 Å². The van der Waals surface area contributed by atoms with Crippen LogP contribution in [0.5, 0.6) is 0 Å². The van der Waals surface area contributed by atoms with Crippen molar-refractivity contribution in [3.63, 3.8) is 0 Å². The predicted molar refractivity (Wildman–Crippen MR) is 134 cm³/mol. The maximum absolute atomic E-state index is 13.6. The number of benzene rings is 1. The average molecular weight is 501 g/mol. The number of carbonyl (C=O) groups excluding carboxylic acids is 4. The highest BCUT2D eigenvalue weighted by atomic mass is 16.4. The predicted octanol–water partition coefficient (Wildman–Crippen LogP) is 1.53. The van der Waals surface area contributed by atoms with Crippen LogP contribution in [0.15, 0.2) is 24.3 Å². The molecule has 1 unspecified atom stereocenters. The number of ketones is 1. The molecule has 2 N–H and O–H groups in total. The zero-order valence-electron chi connectivity index (χ0n) is 21.4. The summed E-state index contributed by atoms with van der Waals surface area (Å²) in [5, 5.41) is 11.7. The summed E-state index contributed by atoms with van der Waals surface area (Å²) in [7, 11) is 3.82. The first-order chi connectivity index (χ1) is 17.0. The van der Waals surface area contributed by atoms with Crippen LogP contribution in [0.3, 0.4) is 0 Å². The first-order valence-electron chi connectivity index (χ1n) is 12.4. The number of aliphatic carboxylic acids is 1. The Bertz CT molecular complexity index is 1010. The number of anilines is 1. The molecule has 10 heteroatoms. The van der Waals surface area contributed by atoms with E-state index in [-0.39, 0.29) is 55.2 Å². The van der Waals surface area contributed by atoms with Gasteiger partial charge in [0.15, 0.2) is 5.78 Å². The number of amides is 3. The Labute approximate surface area is 211 Å². The van der Waals surface area contributed by atoms with Crippen LogP contribution in [0, 0.1) is 5.92 Å². The minimum absolute atomic E-state index is 0.0510. The first kappa shape index (κ1) is 27.2. The van der Waals surface area contributed by atoms with E-state index in [0.717, 1.165) is 5.69 Å². The molecule has 0 aromatic heterocycles. The Balaban J connectivity index is 1.70. The molecule has 3 amide bonds. The summed E-state index contributed by atoms with van der Waals surface area (Å²) in [4.78, 5) is 67.8. The Hall–Kier alpha value is -3.43. The summed E-state index contributed by atoms with van der Waals surface area (Å²) >= 11 is 0.